The summed E-state index contributed by atoms with van der Waals surface area (Å²) in [5.74, 6) is 2.76. The van der Waals surface area contributed by atoms with Crippen LogP contribution in [0.2, 0.25) is 0 Å². The molecule has 0 spiro atoms. The second-order valence-electron chi connectivity index (χ2n) is 3.55. The van der Waals surface area contributed by atoms with Gasteiger partial charge in [0.15, 0.2) is 0 Å². The molecular formula is C10H20NP. The summed E-state index contributed by atoms with van der Waals surface area (Å²) in [6.07, 6.45) is 8.63. The molecule has 0 radical (unpaired) electrons. The highest BCUT2D eigenvalue weighted by atomic mass is 31.1. The number of allylic oxidation sites excluding steroid dienone is 1. The highest BCUT2D eigenvalue weighted by Crippen LogP contribution is 2.10. The fourth-order valence-electron chi connectivity index (χ4n) is 1.12. The predicted octanol–water partition coefficient (Wildman–Crippen LogP) is 4.82. The minimum Gasteiger partial charge on any atom is -0.279 e. The molecule has 0 fully saturated rings. The molecule has 0 aliphatic rings. The van der Waals surface area contributed by atoms with Crippen molar-refractivity contribution in [1.82, 2.24) is 0 Å². The fraction of sp³-hybridized carbons (Fsp3) is 0.800. The van der Waals surface area contributed by atoms with E-state index in [4.69, 9.17) is 5.16 Å². The molecule has 0 heterocycles. The Kier molecular flexibility index (Phi) is 8.81. The number of rotatable bonds is 7. The molecule has 0 aromatic carbocycles. The average Bonchev–Trinajstić information content (AvgIpc) is 2.02. The Morgan fingerprint density at radius 3 is 2.58 bits per heavy atom. The summed E-state index contributed by atoms with van der Waals surface area (Å²) in [6.45, 7) is 4.55. The fourth-order valence-corrected chi connectivity index (χ4v) is 1.37. The molecule has 2 heteroatoms. The highest BCUT2D eigenvalue weighted by molar-refractivity contribution is 7.29. The van der Waals surface area contributed by atoms with Crippen molar-refractivity contribution in [1.29, 1.82) is 5.16 Å². The monoisotopic (exact) mass is 185 g/mol. The Balaban J connectivity index is 3.00. The molecule has 0 aliphatic heterocycles. The van der Waals surface area contributed by atoms with E-state index >= 15 is 0 Å². The molecule has 12 heavy (non-hydrogen) atoms. The van der Waals surface area contributed by atoms with Gasteiger partial charge in [-0.2, -0.15) is 0 Å². The van der Waals surface area contributed by atoms with Gasteiger partial charge >= 0.3 is 0 Å². The van der Waals surface area contributed by atoms with Crippen molar-refractivity contribution in [3.05, 3.63) is 11.9 Å². The molecule has 0 saturated heterocycles. The summed E-state index contributed by atoms with van der Waals surface area (Å²) in [4.78, 5) is 0. The molecule has 0 bridgehead atoms. The van der Waals surface area contributed by atoms with Crippen LogP contribution in [0.15, 0.2) is 11.9 Å². The SMILES string of the molecule is CC(C)CCCCC/C=C\P=N. The first-order valence-corrected chi connectivity index (χ1v) is 5.75. The third kappa shape index (κ3) is 9.84. The van der Waals surface area contributed by atoms with Crippen LogP contribution in [0, 0.1) is 11.1 Å². The molecule has 70 valence electrons. The van der Waals surface area contributed by atoms with E-state index in [0.717, 1.165) is 12.3 Å². The molecule has 0 unspecified atom stereocenters. The molecule has 0 atom stereocenters. The van der Waals surface area contributed by atoms with Gasteiger partial charge in [-0.1, -0.05) is 39.2 Å². The van der Waals surface area contributed by atoms with E-state index in [-0.39, 0.29) is 0 Å². The Morgan fingerprint density at radius 2 is 2.00 bits per heavy atom. The molecule has 1 nitrogen and oxygen atoms in total. The highest BCUT2D eigenvalue weighted by Gasteiger charge is 1.92. The summed E-state index contributed by atoms with van der Waals surface area (Å²) >= 11 is 0. The third-order valence-electron chi connectivity index (χ3n) is 1.83. The molecule has 1 N–H and O–H groups in total. The van der Waals surface area contributed by atoms with Crippen molar-refractivity contribution in [3.63, 3.8) is 0 Å². The van der Waals surface area contributed by atoms with Gasteiger partial charge in [0.2, 0.25) is 0 Å². The van der Waals surface area contributed by atoms with Crippen LogP contribution in [0.1, 0.15) is 46.0 Å². The normalized spacial score (nSPS) is 11.9. The molecule has 0 aliphatic carbocycles. The van der Waals surface area contributed by atoms with E-state index in [1.54, 1.807) is 0 Å². The maximum Gasteiger partial charge on any atom is 0.0268 e. The van der Waals surface area contributed by atoms with Crippen LogP contribution in [0.25, 0.3) is 0 Å². The lowest BCUT2D eigenvalue weighted by atomic mass is 10.0. The van der Waals surface area contributed by atoms with Crippen molar-refractivity contribution in [2.24, 2.45) is 5.92 Å². The Labute approximate surface area is 77.9 Å². The van der Waals surface area contributed by atoms with Gasteiger partial charge in [-0.25, -0.2) is 0 Å². The molecule has 0 amide bonds. The first-order valence-electron chi connectivity index (χ1n) is 4.79. The number of hydrogen-bond acceptors (Lipinski definition) is 1. The van der Waals surface area contributed by atoms with Crippen LogP contribution in [0.4, 0.5) is 0 Å². The summed E-state index contributed by atoms with van der Waals surface area (Å²) in [7, 11) is 0.638. The second-order valence-corrected chi connectivity index (χ2v) is 4.10. The first-order chi connectivity index (χ1) is 5.77. The summed E-state index contributed by atoms with van der Waals surface area (Å²) in [6, 6.07) is 0. The largest absolute Gasteiger partial charge is 0.279 e. The van der Waals surface area contributed by atoms with Gasteiger partial charge in [-0.15, -0.1) is 0 Å². The Bertz CT molecular complexity index is 130. The quantitative estimate of drug-likeness (QED) is 0.434. The summed E-state index contributed by atoms with van der Waals surface area (Å²) in [5, 5.41) is 6.86. The lowest BCUT2D eigenvalue weighted by Gasteiger charge is -2.02. The average molecular weight is 185 g/mol. The van der Waals surface area contributed by atoms with Gasteiger partial charge < -0.3 is 0 Å². The Morgan fingerprint density at radius 1 is 1.25 bits per heavy atom. The molecule has 0 aromatic rings. The van der Waals surface area contributed by atoms with Gasteiger partial charge in [0.1, 0.15) is 0 Å². The van der Waals surface area contributed by atoms with Crippen molar-refractivity contribution in [2.45, 2.75) is 46.0 Å². The minimum absolute atomic E-state index is 0.638. The van der Waals surface area contributed by atoms with E-state index in [0.29, 0.717) is 8.37 Å². The smallest absolute Gasteiger partial charge is 0.0268 e. The van der Waals surface area contributed by atoms with Gasteiger partial charge in [0.25, 0.3) is 0 Å². The lowest BCUT2D eigenvalue weighted by molar-refractivity contribution is 0.529. The van der Waals surface area contributed by atoms with E-state index in [1.165, 1.54) is 25.7 Å². The maximum absolute atomic E-state index is 6.86. The predicted molar refractivity (Wildman–Crippen MR) is 56.7 cm³/mol. The zero-order chi connectivity index (χ0) is 9.23. The van der Waals surface area contributed by atoms with Crippen molar-refractivity contribution < 1.29 is 0 Å². The Hall–Kier alpha value is -0.160. The summed E-state index contributed by atoms with van der Waals surface area (Å²) < 4.78 is 0. The van der Waals surface area contributed by atoms with E-state index in [1.807, 2.05) is 5.82 Å². The lowest BCUT2D eigenvalue weighted by Crippen LogP contribution is -1.86. The van der Waals surface area contributed by atoms with Crippen LogP contribution in [0.5, 0.6) is 0 Å². The van der Waals surface area contributed by atoms with Crippen molar-refractivity contribution in [3.8, 4) is 0 Å². The van der Waals surface area contributed by atoms with E-state index in [9.17, 15) is 0 Å². The van der Waals surface area contributed by atoms with Crippen LogP contribution in [-0.2, 0) is 0 Å². The third-order valence-corrected chi connectivity index (χ3v) is 2.19. The van der Waals surface area contributed by atoms with Gasteiger partial charge in [0.05, 0.1) is 0 Å². The molecule has 0 rings (SSSR count). The second kappa shape index (κ2) is 8.93. The van der Waals surface area contributed by atoms with E-state index in [2.05, 4.69) is 19.9 Å². The van der Waals surface area contributed by atoms with Crippen LogP contribution >= 0.6 is 8.37 Å². The number of nitrogens with one attached hydrogen (secondary N) is 1. The topological polar surface area (TPSA) is 23.9 Å². The molecule has 0 saturated carbocycles. The maximum atomic E-state index is 6.86. The molecular weight excluding hydrogens is 165 g/mol. The minimum atomic E-state index is 0.638. The van der Waals surface area contributed by atoms with Crippen molar-refractivity contribution in [2.75, 3.05) is 0 Å². The van der Waals surface area contributed by atoms with Crippen LogP contribution in [0.3, 0.4) is 0 Å². The van der Waals surface area contributed by atoms with Gasteiger partial charge in [0, 0.05) is 8.37 Å². The number of hydrogen-bond donors (Lipinski definition) is 1. The first kappa shape index (κ1) is 11.8. The number of unbranched alkanes of at least 4 members (excludes halogenated alkanes) is 3. The zero-order valence-electron chi connectivity index (χ0n) is 8.21. The van der Waals surface area contributed by atoms with Gasteiger partial charge in [-0.3, -0.25) is 5.16 Å². The molecule has 0 aromatic heterocycles. The van der Waals surface area contributed by atoms with Gasteiger partial charge in [-0.05, 0) is 24.6 Å². The van der Waals surface area contributed by atoms with E-state index < -0.39 is 0 Å². The standard InChI is InChI=1S/C10H20NP/c1-10(2)8-6-4-3-5-7-9-12-11/h7,9-11H,3-6,8H2,1-2H3/b9-7-. The zero-order valence-corrected chi connectivity index (χ0v) is 9.11. The van der Waals surface area contributed by atoms with Crippen molar-refractivity contribution >= 4 is 8.37 Å². The van der Waals surface area contributed by atoms with Crippen LogP contribution < -0.4 is 0 Å². The van der Waals surface area contributed by atoms with Crippen LogP contribution in [-0.4, -0.2) is 0 Å². The summed E-state index contributed by atoms with van der Waals surface area (Å²) in [5.41, 5.74) is 0.